The first-order valence-corrected chi connectivity index (χ1v) is 3.96. The summed E-state index contributed by atoms with van der Waals surface area (Å²) in [4.78, 5) is 0.831. The van der Waals surface area contributed by atoms with Gasteiger partial charge in [-0.2, -0.15) is 0 Å². The molecule has 0 radical (unpaired) electrons. The Morgan fingerprint density at radius 1 is 1.30 bits per heavy atom. The largest absolute Gasteiger partial charge is 0.143 e. The van der Waals surface area contributed by atoms with Crippen molar-refractivity contribution in [2.45, 2.75) is 11.8 Å². The van der Waals surface area contributed by atoms with Crippen molar-refractivity contribution in [2.24, 2.45) is 0 Å². The summed E-state index contributed by atoms with van der Waals surface area (Å²) in [7, 11) is 0. The van der Waals surface area contributed by atoms with E-state index in [2.05, 4.69) is 12.6 Å². The fourth-order valence-electron chi connectivity index (χ4n) is 0.632. The molecule has 0 atom stereocenters. The maximum absolute atomic E-state index is 5.79. The molecule has 54 valence electrons. The van der Waals surface area contributed by atoms with Crippen molar-refractivity contribution in [1.82, 2.24) is 0 Å². The van der Waals surface area contributed by atoms with Gasteiger partial charge in [-0.25, -0.2) is 0 Å². The van der Waals surface area contributed by atoms with E-state index in [0.29, 0.717) is 10.0 Å². The van der Waals surface area contributed by atoms with Crippen LogP contribution in [-0.4, -0.2) is 0 Å². The summed E-state index contributed by atoms with van der Waals surface area (Å²) in [5.74, 6) is 0. The minimum absolute atomic E-state index is 0.626. The van der Waals surface area contributed by atoms with E-state index >= 15 is 0 Å². The minimum Gasteiger partial charge on any atom is -0.143 e. The third kappa shape index (κ3) is 1.60. The highest BCUT2D eigenvalue weighted by Gasteiger charge is 1.99. The molecule has 1 rings (SSSR count). The first kappa shape index (κ1) is 8.25. The second-order valence-corrected chi connectivity index (χ2v) is 3.36. The van der Waals surface area contributed by atoms with E-state index in [9.17, 15) is 0 Å². The second-order valence-electron chi connectivity index (χ2n) is 2.03. The van der Waals surface area contributed by atoms with Gasteiger partial charge in [0.25, 0.3) is 0 Å². The molecule has 10 heavy (non-hydrogen) atoms. The summed E-state index contributed by atoms with van der Waals surface area (Å²) in [6.07, 6.45) is 0. The first-order chi connectivity index (χ1) is 4.61. The van der Waals surface area contributed by atoms with Crippen molar-refractivity contribution < 1.29 is 0 Å². The third-order valence-electron chi connectivity index (χ3n) is 1.28. The van der Waals surface area contributed by atoms with Crippen LogP contribution in [0, 0.1) is 6.92 Å². The average molecular weight is 193 g/mol. The highest BCUT2D eigenvalue weighted by molar-refractivity contribution is 7.80. The molecule has 0 spiro atoms. The van der Waals surface area contributed by atoms with Crippen molar-refractivity contribution in [3.8, 4) is 0 Å². The van der Waals surface area contributed by atoms with E-state index in [4.69, 9.17) is 23.2 Å². The van der Waals surface area contributed by atoms with Crippen molar-refractivity contribution in [1.29, 1.82) is 0 Å². The Hall–Kier alpha value is 0.150. The normalized spacial score (nSPS) is 10.0. The first-order valence-electron chi connectivity index (χ1n) is 2.76. The second kappa shape index (κ2) is 3.04. The van der Waals surface area contributed by atoms with Gasteiger partial charge >= 0.3 is 0 Å². The van der Waals surface area contributed by atoms with Crippen LogP contribution in [0.5, 0.6) is 0 Å². The Balaban J connectivity index is 3.31. The summed E-state index contributed by atoms with van der Waals surface area (Å²) < 4.78 is 0. The van der Waals surface area contributed by atoms with Crippen molar-refractivity contribution in [3.05, 3.63) is 27.7 Å². The van der Waals surface area contributed by atoms with Crippen LogP contribution < -0.4 is 0 Å². The monoisotopic (exact) mass is 192 g/mol. The number of benzene rings is 1. The lowest BCUT2D eigenvalue weighted by atomic mass is 10.2. The average Bonchev–Trinajstić information content (AvgIpc) is 1.82. The molecule has 0 fully saturated rings. The van der Waals surface area contributed by atoms with Gasteiger partial charge in [0, 0.05) is 14.9 Å². The minimum atomic E-state index is 0.626. The van der Waals surface area contributed by atoms with Crippen LogP contribution >= 0.6 is 35.8 Å². The lowest BCUT2D eigenvalue weighted by Gasteiger charge is -2.00. The molecule has 0 aliphatic carbocycles. The number of rotatable bonds is 0. The number of hydrogen-bond acceptors (Lipinski definition) is 1. The van der Waals surface area contributed by atoms with Gasteiger partial charge in [0.05, 0.1) is 0 Å². The topological polar surface area (TPSA) is 0 Å². The SMILES string of the molecule is Cc1c(S)cc(Cl)cc1Cl. The molecule has 0 heterocycles. The molecule has 1 aromatic rings. The summed E-state index contributed by atoms with van der Waals surface area (Å²) in [6, 6.07) is 3.48. The summed E-state index contributed by atoms with van der Waals surface area (Å²) in [5, 5.41) is 1.29. The molecule has 0 amide bonds. The van der Waals surface area contributed by atoms with E-state index in [0.717, 1.165) is 10.5 Å². The number of halogens is 2. The van der Waals surface area contributed by atoms with Gasteiger partial charge in [-0.15, -0.1) is 12.6 Å². The highest BCUT2D eigenvalue weighted by Crippen LogP contribution is 2.26. The van der Waals surface area contributed by atoms with Gasteiger partial charge in [-0.05, 0) is 24.6 Å². The fourth-order valence-corrected chi connectivity index (χ4v) is 1.53. The van der Waals surface area contributed by atoms with Crippen LogP contribution in [0.4, 0.5) is 0 Å². The van der Waals surface area contributed by atoms with Crippen molar-refractivity contribution >= 4 is 35.8 Å². The van der Waals surface area contributed by atoms with Crippen LogP contribution in [0.1, 0.15) is 5.56 Å². The molecule has 0 bridgehead atoms. The Labute approximate surface area is 75.6 Å². The molecule has 3 heteroatoms. The molecule has 0 saturated carbocycles. The highest BCUT2D eigenvalue weighted by atomic mass is 35.5. The molecule has 0 aromatic heterocycles. The van der Waals surface area contributed by atoms with E-state index in [1.807, 2.05) is 6.92 Å². The molecular formula is C7H6Cl2S. The number of thiol groups is 1. The Kier molecular flexibility index (Phi) is 2.50. The van der Waals surface area contributed by atoms with Gasteiger partial charge in [-0.1, -0.05) is 23.2 Å². The summed E-state index contributed by atoms with van der Waals surface area (Å²) in [6.45, 7) is 1.90. The lowest BCUT2D eigenvalue weighted by Crippen LogP contribution is -1.77. The molecule has 0 aliphatic rings. The van der Waals surface area contributed by atoms with Gasteiger partial charge in [0.1, 0.15) is 0 Å². The predicted molar refractivity (Wildman–Crippen MR) is 48.5 cm³/mol. The van der Waals surface area contributed by atoms with E-state index in [-0.39, 0.29) is 0 Å². The van der Waals surface area contributed by atoms with E-state index in [1.54, 1.807) is 12.1 Å². The standard InChI is InChI=1S/C7H6Cl2S/c1-4-6(9)2-5(8)3-7(4)10/h2-3,10H,1H3. The van der Waals surface area contributed by atoms with Crippen LogP contribution in [0.15, 0.2) is 17.0 Å². The molecule has 1 aromatic carbocycles. The zero-order valence-electron chi connectivity index (χ0n) is 5.36. The summed E-state index contributed by atoms with van der Waals surface area (Å²) >= 11 is 15.6. The number of hydrogen-bond donors (Lipinski definition) is 1. The Morgan fingerprint density at radius 2 is 1.90 bits per heavy atom. The summed E-state index contributed by atoms with van der Waals surface area (Å²) in [5.41, 5.74) is 0.967. The van der Waals surface area contributed by atoms with Crippen LogP contribution in [0.25, 0.3) is 0 Å². The van der Waals surface area contributed by atoms with Gasteiger partial charge in [0.15, 0.2) is 0 Å². The van der Waals surface area contributed by atoms with Crippen molar-refractivity contribution in [2.75, 3.05) is 0 Å². The van der Waals surface area contributed by atoms with Gasteiger partial charge in [0.2, 0.25) is 0 Å². The zero-order valence-corrected chi connectivity index (χ0v) is 7.76. The maximum Gasteiger partial charge on any atom is 0.0461 e. The third-order valence-corrected chi connectivity index (χ3v) is 2.36. The van der Waals surface area contributed by atoms with E-state index < -0.39 is 0 Å². The zero-order chi connectivity index (χ0) is 7.72. The Bertz CT molecular complexity index is 235. The molecule has 0 saturated heterocycles. The molecular weight excluding hydrogens is 187 g/mol. The smallest absolute Gasteiger partial charge is 0.0461 e. The Morgan fingerprint density at radius 3 is 2.40 bits per heavy atom. The van der Waals surface area contributed by atoms with Crippen LogP contribution in [-0.2, 0) is 0 Å². The van der Waals surface area contributed by atoms with Crippen LogP contribution in [0.2, 0.25) is 10.0 Å². The fraction of sp³-hybridized carbons (Fsp3) is 0.143. The molecule has 0 nitrogen and oxygen atoms in total. The maximum atomic E-state index is 5.79. The molecule has 0 N–H and O–H groups in total. The van der Waals surface area contributed by atoms with Crippen molar-refractivity contribution in [3.63, 3.8) is 0 Å². The van der Waals surface area contributed by atoms with Crippen LogP contribution in [0.3, 0.4) is 0 Å². The molecule has 0 aliphatic heterocycles. The molecule has 0 unspecified atom stereocenters. The lowest BCUT2D eigenvalue weighted by molar-refractivity contribution is 1.31. The van der Waals surface area contributed by atoms with Gasteiger partial charge in [-0.3, -0.25) is 0 Å². The van der Waals surface area contributed by atoms with E-state index in [1.165, 1.54) is 0 Å². The van der Waals surface area contributed by atoms with Gasteiger partial charge < -0.3 is 0 Å². The predicted octanol–water partition coefficient (Wildman–Crippen LogP) is 3.59. The quantitative estimate of drug-likeness (QED) is 0.598.